The third kappa shape index (κ3) is 2.66. The van der Waals surface area contributed by atoms with Gasteiger partial charge in [-0.3, -0.25) is 4.72 Å². The van der Waals surface area contributed by atoms with E-state index in [1.54, 1.807) is 25.1 Å². The summed E-state index contributed by atoms with van der Waals surface area (Å²) in [4.78, 5) is 0.209. The van der Waals surface area contributed by atoms with Crippen molar-refractivity contribution in [1.82, 2.24) is 10.2 Å². The van der Waals surface area contributed by atoms with Crippen LogP contribution >= 0.6 is 11.3 Å². The van der Waals surface area contributed by atoms with E-state index in [1.807, 2.05) is 0 Å². The average molecular weight is 284 g/mol. The number of nitrogens with zero attached hydrogens (tertiary/aromatic N) is 2. The van der Waals surface area contributed by atoms with E-state index in [-0.39, 0.29) is 10.0 Å². The fourth-order valence-corrected chi connectivity index (χ4v) is 3.44. The van der Waals surface area contributed by atoms with E-state index >= 15 is 0 Å². The Balaban J connectivity index is 2.40. The molecule has 0 aliphatic rings. The highest BCUT2D eigenvalue weighted by Crippen LogP contribution is 2.21. The number of nitrogens with two attached hydrogens (primary N) is 1. The number of benzene rings is 1. The third-order valence-corrected chi connectivity index (χ3v) is 4.58. The standard InChI is InChI=1S/C10H12N4O2S2/c1-7-2-3-8(5-11)4-9(7)18(15,16)14-10-13-12-6-17-10/h2-4,6H,5,11H2,1H3,(H,13,14). The molecule has 18 heavy (non-hydrogen) atoms. The molecule has 0 saturated carbocycles. The number of hydrogen-bond acceptors (Lipinski definition) is 6. The van der Waals surface area contributed by atoms with Gasteiger partial charge < -0.3 is 5.73 Å². The zero-order valence-electron chi connectivity index (χ0n) is 9.62. The highest BCUT2D eigenvalue weighted by atomic mass is 32.2. The van der Waals surface area contributed by atoms with Gasteiger partial charge in [-0.15, -0.1) is 10.2 Å². The highest BCUT2D eigenvalue weighted by Gasteiger charge is 2.18. The van der Waals surface area contributed by atoms with Crippen molar-refractivity contribution in [2.24, 2.45) is 5.73 Å². The number of hydrogen-bond donors (Lipinski definition) is 2. The largest absolute Gasteiger partial charge is 0.326 e. The summed E-state index contributed by atoms with van der Waals surface area (Å²) in [6.45, 7) is 2.02. The maximum Gasteiger partial charge on any atom is 0.263 e. The summed E-state index contributed by atoms with van der Waals surface area (Å²) in [6, 6.07) is 5.11. The van der Waals surface area contributed by atoms with Crippen LogP contribution in [0.2, 0.25) is 0 Å². The van der Waals surface area contributed by atoms with Crippen molar-refractivity contribution < 1.29 is 8.42 Å². The summed E-state index contributed by atoms with van der Waals surface area (Å²) in [5.41, 5.74) is 8.39. The number of aryl methyl sites for hydroxylation is 1. The maximum atomic E-state index is 12.2. The van der Waals surface area contributed by atoms with Gasteiger partial charge in [0.25, 0.3) is 10.0 Å². The number of aromatic nitrogens is 2. The summed E-state index contributed by atoms with van der Waals surface area (Å²) in [7, 11) is -3.64. The van der Waals surface area contributed by atoms with Gasteiger partial charge in [0.15, 0.2) is 0 Å². The molecule has 0 fully saturated rings. The Morgan fingerprint density at radius 1 is 1.44 bits per heavy atom. The summed E-state index contributed by atoms with van der Waals surface area (Å²) in [6.07, 6.45) is 0. The number of rotatable bonds is 4. The molecule has 8 heteroatoms. The number of nitrogens with one attached hydrogen (secondary N) is 1. The first-order chi connectivity index (χ1) is 8.53. The Hall–Kier alpha value is -1.51. The Bertz CT molecular complexity index is 638. The van der Waals surface area contributed by atoms with Crippen molar-refractivity contribution in [2.45, 2.75) is 18.4 Å². The second-order valence-corrected chi connectivity index (χ2v) is 6.14. The van der Waals surface area contributed by atoms with Crippen LogP contribution < -0.4 is 10.5 Å². The fourth-order valence-electron chi connectivity index (χ4n) is 1.45. The predicted molar refractivity (Wildman–Crippen MR) is 69.8 cm³/mol. The lowest BCUT2D eigenvalue weighted by molar-refractivity contribution is 0.600. The first kappa shape index (κ1) is 12.9. The maximum absolute atomic E-state index is 12.2. The second-order valence-electron chi connectivity index (χ2n) is 3.65. The summed E-state index contributed by atoms with van der Waals surface area (Å²) >= 11 is 1.12. The molecule has 0 unspecified atom stereocenters. The zero-order valence-corrected chi connectivity index (χ0v) is 11.3. The molecular formula is C10H12N4O2S2. The molecule has 2 aromatic rings. The average Bonchev–Trinajstić information content (AvgIpc) is 2.81. The highest BCUT2D eigenvalue weighted by molar-refractivity contribution is 7.93. The SMILES string of the molecule is Cc1ccc(CN)cc1S(=O)(=O)Nc1nncs1. The van der Waals surface area contributed by atoms with Crippen LogP contribution in [0, 0.1) is 6.92 Å². The van der Waals surface area contributed by atoms with Crippen LogP contribution in [0.5, 0.6) is 0 Å². The van der Waals surface area contributed by atoms with Crippen molar-refractivity contribution in [1.29, 1.82) is 0 Å². The Morgan fingerprint density at radius 2 is 2.22 bits per heavy atom. The second kappa shape index (κ2) is 5.01. The molecule has 6 nitrogen and oxygen atoms in total. The minimum absolute atomic E-state index is 0.209. The van der Waals surface area contributed by atoms with Crippen molar-refractivity contribution in [3.05, 3.63) is 34.8 Å². The van der Waals surface area contributed by atoms with Gasteiger partial charge in [0.2, 0.25) is 5.13 Å². The topological polar surface area (TPSA) is 98.0 Å². The van der Waals surface area contributed by atoms with Crippen LogP contribution in [-0.4, -0.2) is 18.6 Å². The van der Waals surface area contributed by atoms with Crippen LogP contribution in [0.3, 0.4) is 0 Å². The van der Waals surface area contributed by atoms with E-state index < -0.39 is 10.0 Å². The summed E-state index contributed by atoms with van der Waals surface area (Å²) in [5, 5.41) is 7.47. The Kier molecular flexibility index (Phi) is 3.60. The van der Waals surface area contributed by atoms with Gasteiger partial charge in [-0.05, 0) is 24.1 Å². The third-order valence-electron chi connectivity index (χ3n) is 2.36. The van der Waals surface area contributed by atoms with Gasteiger partial charge in [0.05, 0.1) is 4.90 Å². The van der Waals surface area contributed by atoms with Gasteiger partial charge in [0, 0.05) is 6.54 Å². The van der Waals surface area contributed by atoms with Crippen LogP contribution in [0.1, 0.15) is 11.1 Å². The zero-order chi connectivity index (χ0) is 13.2. The molecule has 1 aromatic carbocycles. The molecule has 3 N–H and O–H groups in total. The number of anilines is 1. The van der Waals surface area contributed by atoms with Crippen molar-refractivity contribution in [2.75, 3.05) is 4.72 Å². The van der Waals surface area contributed by atoms with E-state index in [2.05, 4.69) is 14.9 Å². The van der Waals surface area contributed by atoms with Crippen LogP contribution in [0.4, 0.5) is 5.13 Å². The molecule has 1 aromatic heterocycles. The normalized spacial score (nSPS) is 11.4. The number of sulfonamides is 1. The van der Waals surface area contributed by atoms with Crippen molar-refractivity contribution in [3.63, 3.8) is 0 Å². The van der Waals surface area contributed by atoms with Gasteiger partial charge in [-0.2, -0.15) is 0 Å². The van der Waals surface area contributed by atoms with E-state index in [4.69, 9.17) is 5.73 Å². The molecule has 0 saturated heterocycles. The minimum Gasteiger partial charge on any atom is -0.326 e. The molecule has 0 spiro atoms. The van der Waals surface area contributed by atoms with Crippen molar-refractivity contribution >= 4 is 26.5 Å². The molecule has 0 amide bonds. The molecule has 0 atom stereocenters. The Labute approximate surface area is 109 Å². The van der Waals surface area contributed by atoms with Crippen LogP contribution in [0.15, 0.2) is 28.6 Å². The van der Waals surface area contributed by atoms with Gasteiger partial charge in [-0.25, -0.2) is 8.42 Å². The van der Waals surface area contributed by atoms with E-state index in [9.17, 15) is 8.42 Å². The molecule has 0 aliphatic carbocycles. The van der Waals surface area contributed by atoms with E-state index in [0.29, 0.717) is 12.1 Å². The first-order valence-corrected chi connectivity index (χ1v) is 7.48. The van der Waals surface area contributed by atoms with Crippen LogP contribution in [0.25, 0.3) is 0 Å². The lowest BCUT2D eigenvalue weighted by Crippen LogP contribution is -2.15. The first-order valence-electron chi connectivity index (χ1n) is 5.11. The minimum atomic E-state index is -3.64. The summed E-state index contributed by atoms with van der Waals surface area (Å²) < 4.78 is 26.7. The van der Waals surface area contributed by atoms with Gasteiger partial charge in [0.1, 0.15) is 5.51 Å². The monoisotopic (exact) mass is 284 g/mol. The molecule has 0 bridgehead atoms. The Morgan fingerprint density at radius 3 is 2.83 bits per heavy atom. The van der Waals surface area contributed by atoms with Gasteiger partial charge in [-0.1, -0.05) is 23.5 Å². The molecule has 1 heterocycles. The predicted octanol–water partition coefficient (Wildman–Crippen LogP) is 1.11. The molecule has 96 valence electrons. The molecule has 2 rings (SSSR count). The molecule has 0 aliphatic heterocycles. The van der Waals surface area contributed by atoms with Gasteiger partial charge >= 0.3 is 0 Å². The fraction of sp³-hybridized carbons (Fsp3) is 0.200. The smallest absolute Gasteiger partial charge is 0.263 e. The van der Waals surface area contributed by atoms with Crippen LogP contribution in [-0.2, 0) is 16.6 Å². The molecular weight excluding hydrogens is 272 g/mol. The molecule has 0 radical (unpaired) electrons. The summed E-state index contributed by atoms with van der Waals surface area (Å²) in [5.74, 6) is 0. The quantitative estimate of drug-likeness (QED) is 0.876. The lowest BCUT2D eigenvalue weighted by atomic mass is 10.1. The lowest BCUT2D eigenvalue weighted by Gasteiger charge is -2.09. The van der Waals surface area contributed by atoms with E-state index in [1.165, 1.54) is 5.51 Å². The van der Waals surface area contributed by atoms with Crippen molar-refractivity contribution in [3.8, 4) is 0 Å². The van der Waals surface area contributed by atoms with E-state index in [0.717, 1.165) is 16.9 Å².